The van der Waals surface area contributed by atoms with Crippen LogP contribution in [0.25, 0.3) is 0 Å². The zero-order valence-corrected chi connectivity index (χ0v) is 9.45. The highest BCUT2D eigenvalue weighted by Crippen LogP contribution is 2.31. The van der Waals surface area contributed by atoms with Gasteiger partial charge in [0, 0.05) is 12.5 Å². The van der Waals surface area contributed by atoms with E-state index in [1.807, 2.05) is 18.2 Å². The highest BCUT2D eigenvalue weighted by Gasteiger charge is 2.40. The summed E-state index contributed by atoms with van der Waals surface area (Å²) in [5, 5.41) is 0. The Hall–Kier alpha value is -1.64. The van der Waals surface area contributed by atoms with Gasteiger partial charge in [-0.3, -0.25) is 9.59 Å². The fourth-order valence-corrected chi connectivity index (χ4v) is 2.15. The van der Waals surface area contributed by atoms with Crippen LogP contribution >= 0.6 is 0 Å². The van der Waals surface area contributed by atoms with Crippen molar-refractivity contribution in [2.45, 2.75) is 32.3 Å². The quantitative estimate of drug-likeness (QED) is 0.678. The van der Waals surface area contributed by atoms with Crippen molar-refractivity contribution in [1.29, 1.82) is 0 Å². The second-order valence-corrected chi connectivity index (χ2v) is 4.31. The topological polar surface area (TPSA) is 43.4 Å². The maximum atomic E-state index is 12.2. The molecule has 3 heteroatoms. The Morgan fingerprint density at radius 2 is 2.06 bits per heavy atom. The van der Waals surface area contributed by atoms with E-state index < -0.39 is 11.6 Å². The summed E-state index contributed by atoms with van der Waals surface area (Å²) in [4.78, 5) is 23.2. The lowest BCUT2D eigenvalue weighted by molar-refractivity contribution is -0.151. The molecule has 3 nitrogen and oxygen atoms in total. The molecule has 0 N–H and O–H groups in total. The van der Waals surface area contributed by atoms with E-state index in [0.29, 0.717) is 12.0 Å². The van der Waals surface area contributed by atoms with Crippen LogP contribution in [0.3, 0.4) is 0 Å². The average molecular weight is 218 g/mol. The van der Waals surface area contributed by atoms with Crippen LogP contribution in [0.1, 0.15) is 36.2 Å². The molecular formula is C13H14O3. The monoisotopic (exact) mass is 218 g/mol. The van der Waals surface area contributed by atoms with E-state index in [4.69, 9.17) is 4.74 Å². The molecule has 1 atom stereocenters. The van der Waals surface area contributed by atoms with Crippen molar-refractivity contribution < 1.29 is 14.3 Å². The van der Waals surface area contributed by atoms with Gasteiger partial charge in [0.2, 0.25) is 5.78 Å². The molecule has 84 valence electrons. The van der Waals surface area contributed by atoms with E-state index >= 15 is 0 Å². The first kappa shape index (κ1) is 10.9. The number of hydrogen-bond donors (Lipinski definition) is 0. The molecule has 0 heterocycles. The smallest absolute Gasteiger partial charge is 0.303 e. The number of rotatable bonds is 1. The Balaban J connectivity index is 2.37. The standard InChI is InChI=1S/C13H14O3/c1-9(14)16-13(2)8-7-10-5-3-4-6-11(10)12(13)15/h3-6H,7-8H2,1-2H3/t13-/m1/s1. The normalized spacial score (nSPS) is 23.8. The molecule has 1 aromatic carbocycles. The molecule has 1 aliphatic carbocycles. The van der Waals surface area contributed by atoms with Crippen LogP contribution < -0.4 is 0 Å². The maximum Gasteiger partial charge on any atom is 0.303 e. The van der Waals surface area contributed by atoms with Gasteiger partial charge < -0.3 is 4.74 Å². The number of ketones is 1. The Morgan fingerprint density at radius 3 is 2.75 bits per heavy atom. The molecule has 0 unspecified atom stereocenters. The van der Waals surface area contributed by atoms with Gasteiger partial charge in [-0.2, -0.15) is 0 Å². The lowest BCUT2D eigenvalue weighted by Crippen LogP contribution is -2.43. The van der Waals surface area contributed by atoms with E-state index in [9.17, 15) is 9.59 Å². The molecule has 2 rings (SSSR count). The van der Waals surface area contributed by atoms with Crippen molar-refractivity contribution in [2.75, 3.05) is 0 Å². The van der Waals surface area contributed by atoms with Gasteiger partial charge in [-0.15, -0.1) is 0 Å². The molecule has 0 bridgehead atoms. The molecule has 0 saturated heterocycles. The zero-order chi connectivity index (χ0) is 11.8. The van der Waals surface area contributed by atoms with Crippen molar-refractivity contribution >= 4 is 11.8 Å². The highest BCUT2D eigenvalue weighted by atomic mass is 16.6. The lowest BCUT2D eigenvalue weighted by Gasteiger charge is -2.32. The fourth-order valence-electron chi connectivity index (χ4n) is 2.15. The van der Waals surface area contributed by atoms with Crippen LogP contribution in [0, 0.1) is 0 Å². The first-order valence-electron chi connectivity index (χ1n) is 5.35. The Labute approximate surface area is 94.4 Å². The van der Waals surface area contributed by atoms with Crippen LogP contribution in [0.5, 0.6) is 0 Å². The minimum Gasteiger partial charge on any atom is -0.451 e. The number of aryl methyl sites for hydroxylation is 1. The summed E-state index contributed by atoms with van der Waals surface area (Å²) in [6, 6.07) is 7.48. The van der Waals surface area contributed by atoms with Gasteiger partial charge in [0.1, 0.15) is 0 Å². The Bertz CT molecular complexity index is 450. The van der Waals surface area contributed by atoms with Crippen molar-refractivity contribution in [2.24, 2.45) is 0 Å². The molecule has 0 aromatic heterocycles. The summed E-state index contributed by atoms with van der Waals surface area (Å²) in [7, 11) is 0. The Kier molecular flexibility index (Phi) is 2.54. The van der Waals surface area contributed by atoms with Gasteiger partial charge in [0.05, 0.1) is 0 Å². The summed E-state index contributed by atoms with van der Waals surface area (Å²) >= 11 is 0. The molecule has 0 saturated carbocycles. The third kappa shape index (κ3) is 1.73. The minimum atomic E-state index is -0.986. The summed E-state index contributed by atoms with van der Waals surface area (Å²) < 4.78 is 5.16. The van der Waals surface area contributed by atoms with Crippen molar-refractivity contribution in [3.63, 3.8) is 0 Å². The molecule has 0 amide bonds. The van der Waals surface area contributed by atoms with Gasteiger partial charge in [-0.05, 0) is 25.3 Å². The largest absolute Gasteiger partial charge is 0.451 e. The summed E-state index contributed by atoms with van der Waals surface area (Å²) in [6.45, 7) is 3.02. The van der Waals surface area contributed by atoms with Gasteiger partial charge in [0.15, 0.2) is 5.60 Å². The third-order valence-corrected chi connectivity index (χ3v) is 2.98. The number of Topliss-reactive ketones (excluding diaryl/α,β-unsaturated/α-hetero) is 1. The minimum absolute atomic E-state index is 0.0930. The second kappa shape index (κ2) is 3.74. The SMILES string of the molecule is CC(=O)O[C@]1(C)CCc2ccccc2C1=O. The molecule has 0 aliphatic heterocycles. The first-order valence-corrected chi connectivity index (χ1v) is 5.35. The number of hydrogen-bond acceptors (Lipinski definition) is 3. The molecule has 0 spiro atoms. The van der Waals surface area contributed by atoms with Crippen LogP contribution in [-0.2, 0) is 16.0 Å². The van der Waals surface area contributed by atoms with E-state index in [1.165, 1.54) is 6.92 Å². The average Bonchev–Trinajstić information content (AvgIpc) is 2.24. The predicted molar refractivity (Wildman–Crippen MR) is 59.3 cm³/mol. The third-order valence-electron chi connectivity index (χ3n) is 2.98. The van der Waals surface area contributed by atoms with Crippen molar-refractivity contribution in [3.8, 4) is 0 Å². The van der Waals surface area contributed by atoms with Gasteiger partial charge in [0.25, 0.3) is 0 Å². The number of carbonyl (C=O) groups excluding carboxylic acids is 2. The molecule has 1 aromatic rings. The van der Waals surface area contributed by atoms with Crippen LogP contribution in [0.2, 0.25) is 0 Å². The first-order chi connectivity index (χ1) is 7.53. The molecule has 0 fully saturated rings. The van der Waals surface area contributed by atoms with E-state index in [0.717, 1.165) is 12.0 Å². The number of esters is 1. The number of benzene rings is 1. The van der Waals surface area contributed by atoms with Crippen LogP contribution in [-0.4, -0.2) is 17.4 Å². The fraction of sp³-hybridized carbons (Fsp3) is 0.385. The number of ether oxygens (including phenoxy) is 1. The molecular weight excluding hydrogens is 204 g/mol. The maximum absolute atomic E-state index is 12.2. The summed E-state index contributed by atoms with van der Waals surface area (Å²) in [5.74, 6) is -0.500. The Morgan fingerprint density at radius 1 is 1.38 bits per heavy atom. The molecule has 0 radical (unpaired) electrons. The number of fused-ring (bicyclic) bond motifs is 1. The van der Waals surface area contributed by atoms with Crippen molar-refractivity contribution in [1.82, 2.24) is 0 Å². The second-order valence-electron chi connectivity index (χ2n) is 4.31. The lowest BCUT2D eigenvalue weighted by atomic mass is 9.80. The van der Waals surface area contributed by atoms with Crippen LogP contribution in [0.15, 0.2) is 24.3 Å². The van der Waals surface area contributed by atoms with Gasteiger partial charge in [-0.25, -0.2) is 0 Å². The van der Waals surface area contributed by atoms with E-state index in [-0.39, 0.29) is 5.78 Å². The number of carbonyl (C=O) groups is 2. The highest BCUT2D eigenvalue weighted by molar-refractivity contribution is 6.05. The van der Waals surface area contributed by atoms with Gasteiger partial charge >= 0.3 is 5.97 Å². The zero-order valence-electron chi connectivity index (χ0n) is 9.45. The summed E-state index contributed by atoms with van der Waals surface area (Å²) in [5.41, 5.74) is 0.731. The van der Waals surface area contributed by atoms with Gasteiger partial charge in [-0.1, -0.05) is 24.3 Å². The van der Waals surface area contributed by atoms with Crippen LogP contribution in [0.4, 0.5) is 0 Å². The summed E-state index contributed by atoms with van der Waals surface area (Å²) in [6.07, 6.45) is 1.33. The molecule has 16 heavy (non-hydrogen) atoms. The predicted octanol–water partition coefficient (Wildman–Crippen LogP) is 2.14. The van der Waals surface area contributed by atoms with Crippen molar-refractivity contribution in [3.05, 3.63) is 35.4 Å². The molecule has 1 aliphatic rings. The van der Waals surface area contributed by atoms with E-state index in [2.05, 4.69) is 0 Å². The van der Waals surface area contributed by atoms with E-state index in [1.54, 1.807) is 13.0 Å².